The van der Waals surface area contributed by atoms with Crippen LogP contribution >= 0.6 is 0 Å². The number of aryl methyl sites for hydroxylation is 1. The minimum atomic E-state index is -3.62. The predicted molar refractivity (Wildman–Crippen MR) is 107 cm³/mol. The number of hydrogen-bond donors (Lipinski definition) is 1. The van der Waals surface area contributed by atoms with Gasteiger partial charge in [-0.1, -0.05) is 32.8 Å². The summed E-state index contributed by atoms with van der Waals surface area (Å²) in [4.78, 5) is 24.1. The molecule has 0 spiro atoms. The molecule has 0 saturated heterocycles. The lowest BCUT2D eigenvalue weighted by atomic mass is 10.1. The van der Waals surface area contributed by atoms with Gasteiger partial charge in [0, 0.05) is 25.2 Å². The number of nitrogens with zero attached hydrogens (tertiary/aromatic N) is 1. The van der Waals surface area contributed by atoms with Crippen molar-refractivity contribution in [1.82, 2.24) is 4.31 Å². The molecule has 1 amide bonds. The van der Waals surface area contributed by atoms with Gasteiger partial charge in [0.05, 0.1) is 4.90 Å². The van der Waals surface area contributed by atoms with Crippen molar-refractivity contribution in [2.45, 2.75) is 57.8 Å². The van der Waals surface area contributed by atoms with Gasteiger partial charge in [-0.05, 0) is 43.4 Å². The van der Waals surface area contributed by atoms with Crippen LogP contribution in [0.25, 0.3) is 0 Å². The van der Waals surface area contributed by atoms with E-state index in [2.05, 4.69) is 5.32 Å². The van der Waals surface area contributed by atoms with Crippen LogP contribution in [-0.4, -0.2) is 44.3 Å². The molecule has 0 bridgehead atoms. The molecular formula is C20H30N2O5S. The van der Waals surface area contributed by atoms with Crippen molar-refractivity contribution in [3.8, 4) is 0 Å². The average Bonchev–Trinajstić information content (AvgIpc) is 3.15. The van der Waals surface area contributed by atoms with Crippen molar-refractivity contribution in [3.05, 3.63) is 23.8 Å². The Hall–Kier alpha value is -1.93. The van der Waals surface area contributed by atoms with Crippen molar-refractivity contribution in [3.63, 3.8) is 0 Å². The number of anilines is 1. The molecule has 7 nitrogen and oxygen atoms in total. The number of ether oxygens (including phenoxy) is 1. The van der Waals surface area contributed by atoms with E-state index in [1.807, 2.05) is 0 Å². The smallest absolute Gasteiger partial charge is 0.306 e. The third-order valence-electron chi connectivity index (χ3n) is 5.12. The molecule has 0 heterocycles. The maximum Gasteiger partial charge on any atom is 0.306 e. The molecular weight excluding hydrogens is 380 g/mol. The second-order valence-corrected chi connectivity index (χ2v) is 9.07. The van der Waals surface area contributed by atoms with Crippen molar-refractivity contribution in [1.29, 1.82) is 0 Å². The molecule has 1 aromatic carbocycles. The minimum absolute atomic E-state index is 0.121. The second kappa shape index (κ2) is 10.0. The summed E-state index contributed by atoms with van der Waals surface area (Å²) in [6.07, 6.45) is 4.71. The lowest BCUT2D eigenvalue weighted by Gasteiger charge is -2.19. The molecule has 1 aliphatic rings. The van der Waals surface area contributed by atoms with Crippen LogP contribution in [0, 0.1) is 12.8 Å². The molecule has 0 aliphatic heterocycles. The molecule has 156 valence electrons. The van der Waals surface area contributed by atoms with Gasteiger partial charge >= 0.3 is 5.97 Å². The molecule has 0 radical (unpaired) electrons. The number of carbonyl (C=O) groups is 2. The van der Waals surface area contributed by atoms with E-state index in [9.17, 15) is 18.0 Å². The Morgan fingerprint density at radius 2 is 1.82 bits per heavy atom. The standard InChI is InChI=1S/C20H30N2O5S/c1-4-22(5-2)28(25,26)17-11-10-15(3)18(13-17)21-19(23)14-27-20(24)12-16-8-6-7-9-16/h10-11,13,16H,4-9,12,14H2,1-3H3,(H,21,23). The summed E-state index contributed by atoms with van der Waals surface area (Å²) in [5.74, 6) is -0.489. The van der Waals surface area contributed by atoms with E-state index in [-0.39, 0.29) is 17.5 Å². The first-order valence-electron chi connectivity index (χ1n) is 9.84. The summed E-state index contributed by atoms with van der Waals surface area (Å²) >= 11 is 0. The van der Waals surface area contributed by atoms with Crippen LogP contribution in [0.15, 0.2) is 23.1 Å². The first-order chi connectivity index (χ1) is 13.3. The largest absolute Gasteiger partial charge is 0.456 e. The molecule has 1 aliphatic carbocycles. The van der Waals surface area contributed by atoms with Gasteiger partial charge in [-0.3, -0.25) is 9.59 Å². The zero-order chi connectivity index (χ0) is 20.7. The van der Waals surface area contributed by atoms with E-state index in [0.29, 0.717) is 31.1 Å². The zero-order valence-corrected chi connectivity index (χ0v) is 17.7. The summed E-state index contributed by atoms with van der Waals surface area (Å²) in [7, 11) is -3.62. The van der Waals surface area contributed by atoms with Gasteiger partial charge < -0.3 is 10.1 Å². The highest BCUT2D eigenvalue weighted by atomic mass is 32.2. The van der Waals surface area contributed by atoms with Crippen LogP contribution in [0.3, 0.4) is 0 Å². The molecule has 0 aromatic heterocycles. The van der Waals surface area contributed by atoms with Crippen LogP contribution in [0.2, 0.25) is 0 Å². The highest BCUT2D eigenvalue weighted by Crippen LogP contribution is 2.27. The highest BCUT2D eigenvalue weighted by molar-refractivity contribution is 7.89. The van der Waals surface area contributed by atoms with E-state index in [4.69, 9.17) is 4.74 Å². The van der Waals surface area contributed by atoms with Crippen LogP contribution in [0.1, 0.15) is 51.5 Å². The predicted octanol–water partition coefficient (Wildman–Crippen LogP) is 3.09. The Kier molecular flexibility index (Phi) is 8.00. The van der Waals surface area contributed by atoms with Crippen LogP contribution in [0.4, 0.5) is 5.69 Å². The molecule has 28 heavy (non-hydrogen) atoms. The van der Waals surface area contributed by atoms with Crippen molar-refractivity contribution < 1.29 is 22.7 Å². The SMILES string of the molecule is CCN(CC)S(=O)(=O)c1ccc(C)c(NC(=O)COC(=O)CC2CCCC2)c1. The number of esters is 1. The fraction of sp³-hybridized carbons (Fsp3) is 0.600. The van der Waals surface area contributed by atoms with Gasteiger partial charge in [-0.2, -0.15) is 4.31 Å². The summed E-state index contributed by atoms with van der Waals surface area (Å²) in [6.45, 7) is 5.68. The van der Waals surface area contributed by atoms with Gasteiger partial charge in [-0.15, -0.1) is 0 Å². The maximum atomic E-state index is 12.7. The first kappa shape index (κ1) is 22.4. The number of benzene rings is 1. The third kappa shape index (κ3) is 5.78. The van der Waals surface area contributed by atoms with Gasteiger partial charge in [0.25, 0.3) is 5.91 Å². The number of amides is 1. The Balaban J connectivity index is 1.99. The van der Waals surface area contributed by atoms with Crippen LogP contribution in [-0.2, 0) is 24.3 Å². The lowest BCUT2D eigenvalue weighted by Crippen LogP contribution is -2.30. The summed E-state index contributed by atoms with van der Waals surface area (Å²) < 4.78 is 31.8. The van der Waals surface area contributed by atoms with Gasteiger partial charge in [0.1, 0.15) is 0 Å². The van der Waals surface area contributed by atoms with Gasteiger partial charge in [-0.25, -0.2) is 8.42 Å². The monoisotopic (exact) mass is 410 g/mol. The number of hydrogen-bond acceptors (Lipinski definition) is 5. The highest BCUT2D eigenvalue weighted by Gasteiger charge is 2.23. The number of sulfonamides is 1. The second-order valence-electron chi connectivity index (χ2n) is 7.13. The summed E-state index contributed by atoms with van der Waals surface area (Å²) in [6, 6.07) is 4.62. The van der Waals surface area contributed by atoms with E-state index < -0.39 is 15.9 Å². The topological polar surface area (TPSA) is 92.8 Å². The van der Waals surface area contributed by atoms with Gasteiger partial charge in [0.15, 0.2) is 6.61 Å². The van der Waals surface area contributed by atoms with Gasteiger partial charge in [0.2, 0.25) is 10.0 Å². The summed E-state index contributed by atoms with van der Waals surface area (Å²) in [5.41, 5.74) is 1.12. The maximum absolute atomic E-state index is 12.7. The lowest BCUT2D eigenvalue weighted by molar-refractivity contribution is -0.148. The first-order valence-corrected chi connectivity index (χ1v) is 11.3. The summed E-state index contributed by atoms with van der Waals surface area (Å²) in [5, 5.41) is 2.65. The normalized spacial score (nSPS) is 15.0. The number of rotatable bonds is 9. The van der Waals surface area contributed by atoms with Crippen molar-refractivity contribution in [2.75, 3.05) is 25.0 Å². The fourth-order valence-electron chi connectivity index (χ4n) is 3.45. The van der Waals surface area contributed by atoms with Crippen LogP contribution < -0.4 is 5.32 Å². The van der Waals surface area contributed by atoms with E-state index in [1.54, 1.807) is 26.8 Å². The van der Waals surface area contributed by atoms with Crippen molar-refractivity contribution in [2.24, 2.45) is 5.92 Å². The van der Waals surface area contributed by atoms with Crippen molar-refractivity contribution >= 4 is 27.6 Å². The Labute approximate surface area is 167 Å². The fourth-order valence-corrected chi connectivity index (χ4v) is 4.94. The molecule has 1 N–H and O–H groups in total. The van der Waals surface area contributed by atoms with E-state index in [1.165, 1.54) is 16.4 Å². The molecule has 2 rings (SSSR count). The molecule has 1 fully saturated rings. The zero-order valence-electron chi connectivity index (χ0n) is 16.9. The Bertz CT molecular complexity index is 797. The average molecular weight is 411 g/mol. The van der Waals surface area contributed by atoms with E-state index >= 15 is 0 Å². The third-order valence-corrected chi connectivity index (χ3v) is 7.17. The molecule has 0 unspecified atom stereocenters. The number of carbonyl (C=O) groups excluding carboxylic acids is 2. The minimum Gasteiger partial charge on any atom is -0.456 e. The molecule has 1 aromatic rings. The Morgan fingerprint density at radius 3 is 2.43 bits per heavy atom. The van der Waals surface area contributed by atoms with E-state index in [0.717, 1.165) is 31.2 Å². The number of nitrogens with one attached hydrogen (secondary N) is 1. The Morgan fingerprint density at radius 1 is 1.18 bits per heavy atom. The quantitative estimate of drug-likeness (QED) is 0.632. The molecule has 1 saturated carbocycles. The molecule has 0 atom stereocenters. The van der Waals surface area contributed by atoms with Crippen LogP contribution in [0.5, 0.6) is 0 Å². The molecule has 8 heteroatoms.